The van der Waals surface area contributed by atoms with Gasteiger partial charge >= 0.3 is 0 Å². The molecule has 0 saturated carbocycles. The van der Waals surface area contributed by atoms with Crippen molar-refractivity contribution < 1.29 is 0 Å². The number of hydrogen-bond acceptors (Lipinski definition) is 2. The van der Waals surface area contributed by atoms with Gasteiger partial charge in [-0.2, -0.15) is 5.26 Å². The molecule has 0 unspecified atom stereocenters. The lowest BCUT2D eigenvalue weighted by molar-refractivity contribution is 0.809. The molecule has 2 heteroatoms. The number of para-hydroxylation sites is 2. The third-order valence-corrected chi connectivity index (χ3v) is 11.4. The molecule has 52 heavy (non-hydrogen) atoms. The fraction of sp³-hybridized carbons (Fsp3) is 0.0200. The van der Waals surface area contributed by atoms with Gasteiger partial charge < -0.3 is 4.90 Å². The number of anilines is 3. The molecule has 9 aromatic rings. The van der Waals surface area contributed by atoms with Crippen LogP contribution in [-0.2, 0) is 5.41 Å². The van der Waals surface area contributed by atoms with Crippen molar-refractivity contribution in [3.63, 3.8) is 0 Å². The maximum atomic E-state index is 10.2. The van der Waals surface area contributed by atoms with Crippen molar-refractivity contribution in [2.75, 3.05) is 4.90 Å². The number of rotatable bonds is 3. The average molecular weight is 659 g/mol. The maximum absolute atomic E-state index is 10.2. The first kappa shape index (κ1) is 28.8. The van der Waals surface area contributed by atoms with Crippen molar-refractivity contribution in [2.45, 2.75) is 5.41 Å². The first-order valence-electron chi connectivity index (χ1n) is 17.8. The fourth-order valence-corrected chi connectivity index (χ4v) is 9.55. The smallest absolute Gasteiger partial charge is 0.101 e. The normalized spacial score (nSPS) is 13.1. The molecule has 2 aliphatic rings. The molecular formula is C50H30N2. The SMILES string of the molecule is N#Cc1ccccc1N(c1ccccc1)c1ccc2c3c(ccc2c1)-c1c(c2ccccc2c2ccccc12)C31c2ccccc2-c2ccccc21. The lowest BCUT2D eigenvalue weighted by Crippen LogP contribution is -2.26. The summed E-state index contributed by atoms with van der Waals surface area (Å²) < 4.78 is 0. The molecule has 1 spiro atoms. The van der Waals surface area contributed by atoms with E-state index in [-0.39, 0.29) is 0 Å². The van der Waals surface area contributed by atoms with Gasteiger partial charge in [0.05, 0.1) is 16.7 Å². The van der Waals surface area contributed by atoms with E-state index in [0.29, 0.717) is 5.56 Å². The zero-order valence-electron chi connectivity index (χ0n) is 28.2. The van der Waals surface area contributed by atoms with Crippen LogP contribution >= 0.6 is 0 Å². The summed E-state index contributed by atoms with van der Waals surface area (Å²) in [5.41, 5.74) is 13.6. The van der Waals surface area contributed by atoms with Gasteiger partial charge in [0.25, 0.3) is 0 Å². The lowest BCUT2D eigenvalue weighted by atomic mass is 9.68. The second-order valence-electron chi connectivity index (χ2n) is 13.9. The van der Waals surface area contributed by atoms with Gasteiger partial charge in [-0.05, 0) is 113 Å². The van der Waals surface area contributed by atoms with Gasteiger partial charge in [-0.15, -0.1) is 0 Å². The van der Waals surface area contributed by atoms with E-state index in [1.54, 1.807) is 0 Å². The minimum atomic E-state index is -0.519. The molecule has 0 amide bonds. The lowest BCUT2D eigenvalue weighted by Gasteiger charge is -2.33. The van der Waals surface area contributed by atoms with Crippen LogP contribution in [0, 0.1) is 11.3 Å². The zero-order chi connectivity index (χ0) is 34.4. The Morgan fingerprint density at radius 1 is 0.423 bits per heavy atom. The predicted octanol–water partition coefficient (Wildman–Crippen LogP) is 12.8. The predicted molar refractivity (Wildman–Crippen MR) is 215 cm³/mol. The molecule has 0 radical (unpaired) electrons. The summed E-state index contributed by atoms with van der Waals surface area (Å²) in [5, 5.41) is 17.7. The Bertz CT molecular complexity index is 2940. The number of hydrogen-bond donors (Lipinski definition) is 0. The monoisotopic (exact) mass is 658 g/mol. The van der Waals surface area contributed by atoms with E-state index in [2.05, 4.69) is 163 Å². The standard InChI is InChI=1S/C50H30N2/c51-31-33-14-4-13-25-46(33)52(34-15-2-1-3-16-34)35-27-29-36-32(30-35)26-28-43-47-41-21-7-5-17-37(41)38-18-6-8-22-42(38)49(47)50(48(36)43)44-23-11-9-19-39(44)40-20-10-12-24-45(40)50/h1-30H. The Kier molecular flexibility index (Phi) is 5.98. The summed E-state index contributed by atoms with van der Waals surface area (Å²) in [4.78, 5) is 2.21. The molecule has 0 aliphatic heterocycles. The summed E-state index contributed by atoms with van der Waals surface area (Å²) in [6.07, 6.45) is 0. The molecule has 2 aliphatic carbocycles. The summed E-state index contributed by atoms with van der Waals surface area (Å²) in [6.45, 7) is 0. The summed E-state index contributed by atoms with van der Waals surface area (Å²) in [7, 11) is 0. The minimum absolute atomic E-state index is 0.519. The average Bonchev–Trinajstić information content (AvgIpc) is 3.70. The van der Waals surface area contributed by atoms with Crippen LogP contribution in [0.25, 0.3) is 54.6 Å². The second-order valence-corrected chi connectivity index (χ2v) is 13.9. The molecule has 9 aromatic carbocycles. The fourth-order valence-electron chi connectivity index (χ4n) is 9.55. The van der Waals surface area contributed by atoms with E-state index in [9.17, 15) is 5.26 Å². The molecule has 240 valence electrons. The number of fused-ring (bicyclic) bond motifs is 17. The molecule has 2 nitrogen and oxygen atoms in total. The van der Waals surface area contributed by atoms with Gasteiger partial charge in [-0.3, -0.25) is 0 Å². The first-order valence-corrected chi connectivity index (χ1v) is 17.8. The van der Waals surface area contributed by atoms with Crippen LogP contribution < -0.4 is 4.90 Å². The third kappa shape index (κ3) is 3.67. The van der Waals surface area contributed by atoms with E-state index in [0.717, 1.165) is 22.4 Å². The first-order chi connectivity index (χ1) is 25.8. The van der Waals surface area contributed by atoms with Gasteiger partial charge in [0.1, 0.15) is 6.07 Å². The van der Waals surface area contributed by atoms with Gasteiger partial charge in [0.15, 0.2) is 0 Å². The second kappa shape index (κ2) is 10.8. The van der Waals surface area contributed by atoms with Crippen LogP contribution in [0.4, 0.5) is 17.1 Å². The van der Waals surface area contributed by atoms with Gasteiger partial charge in [0.2, 0.25) is 0 Å². The Morgan fingerprint density at radius 2 is 1.02 bits per heavy atom. The third-order valence-electron chi connectivity index (χ3n) is 11.4. The van der Waals surface area contributed by atoms with Crippen molar-refractivity contribution in [2.24, 2.45) is 0 Å². The Hall–Kier alpha value is -6.95. The largest absolute Gasteiger partial charge is 0.309 e. The van der Waals surface area contributed by atoms with Crippen LogP contribution in [-0.4, -0.2) is 0 Å². The zero-order valence-corrected chi connectivity index (χ0v) is 28.2. The van der Waals surface area contributed by atoms with Crippen LogP contribution in [0.15, 0.2) is 182 Å². The highest BCUT2D eigenvalue weighted by Gasteiger charge is 2.53. The number of nitrogens with zero attached hydrogens (tertiary/aromatic N) is 2. The molecule has 0 fully saturated rings. The van der Waals surface area contributed by atoms with Crippen molar-refractivity contribution >= 4 is 49.4 Å². The summed E-state index contributed by atoms with van der Waals surface area (Å²) >= 11 is 0. The van der Waals surface area contributed by atoms with Gasteiger partial charge in [0, 0.05) is 11.4 Å². The van der Waals surface area contributed by atoms with E-state index in [4.69, 9.17) is 0 Å². The molecule has 0 atom stereocenters. The van der Waals surface area contributed by atoms with Crippen LogP contribution in [0.3, 0.4) is 0 Å². The Morgan fingerprint density at radius 3 is 1.75 bits per heavy atom. The van der Waals surface area contributed by atoms with Crippen LogP contribution in [0.2, 0.25) is 0 Å². The van der Waals surface area contributed by atoms with Crippen molar-refractivity contribution in [3.05, 3.63) is 210 Å². The molecule has 11 rings (SSSR count). The van der Waals surface area contributed by atoms with E-state index in [1.165, 1.54) is 71.4 Å². The molecular weight excluding hydrogens is 629 g/mol. The highest BCUT2D eigenvalue weighted by Crippen LogP contribution is 2.66. The highest BCUT2D eigenvalue weighted by molar-refractivity contribution is 6.21. The molecule has 0 N–H and O–H groups in total. The maximum Gasteiger partial charge on any atom is 0.101 e. The van der Waals surface area contributed by atoms with Crippen LogP contribution in [0.1, 0.15) is 27.8 Å². The summed E-state index contributed by atoms with van der Waals surface area (Å²) in [5.74, 6) is 0. The number of benzene rings is 9. The van der Waals surface area contributed by atoms with Gasteiger partial charge in [-0.1, -0.05) is 146 Å². The number of nitriles is 1. The van der Waals surface area contributed by atoms with Crippen molar-refractivity contribution in [1.82, 2.24) is 0 Å². The van der Waals surface area contributed by atoms with Crippen molar-refractivity contribution in [3.8, 4) is 28.3 Å². The quantitative estimate of drug-likeness (QED) is 0.177. The topological polar surface area (TPSA) is 27.0 Å². The molecule has 0 heterocycles. The van der Waals surface area contributed by atoms with Gasteiger partial charge in [-0.25, -0.2) is 0 Å². The highest BCUT2D eigenvalue weighted by atomic mass is 15.1. The molecule has 0 saturated heterocycles. The van der Waals surface area contributed by atoms with E-state index in [1.807, 2.05) is 30.3 Å². The van der Waals surface area contributed by atoms with Crippen molar-refractivity contribution in [1.29, 1.82) is 5.26 Å². The van der Waals surface area contributed by atoms with E-state index < -0.39 is 5.41 Å². The summed E-state index contributed by atoms with van der Waals surface area (Å²) in [6, 6.07) is 68.2. The molecule has 0 bridgehead atoms. The minimum Gasteiger partial charge on any atom is -0.309 e. The van der Waals surface area contributed by atoms with E-state index >= 15 is 0 Å². The van der Waals surface area contributed by atoms with Crippen LogP contribution in [0.5, 0.6) is 0 Å². The Labute approximate surface area is 302 Å². The Balaban J connectivity index is 1.28. The molecule has 0 aromatic heterocycles.